The van der Waals surface area contributed by atoms with Crippen molar-refractivity contribution < 1.29 is 9.47 Å². The van der Waals surface area contributed by atoms with Gasteiger partial charge in [0.2, 0.25) is 0 Å². The van der Waals surface area contributed by atoms with Crippen LogP contribution >= 0.6 is 15.9 Å². The molecule has 5 heteroatoms. The van der Waals surface area contributed by atoms with Gasteiger partial charge in [-0.25, -0.2) is 0 Å². The van der Waals surface area contributed by atoms with Gasteiger partial charge in [0.1, 0.15) is 0 Å². The standard InChI is InChI=1S/C13H19BrN2O2/c1-17-11-7-16(8-12(11)18-2)6-9-4-3-5-10(15)13(9)14/h3-5,11-12H,6-8,15H2,1-2H3. The molecule has 1 aromatic rings. The minimum atomic E-state index is 0.148. The van der Waals surface area contributed by atoms with Crippen LogP contribution in [-0.4, -0.2) is 44.4 Å². The Morgan fingerprint density at radius 2 is 1.89 bits per heavy atom. The summed E-state index contributed by atoms with van der Waals surface area (Å²) < 4.78 is 11.9. The molecule has 0 radical (unpaired) electrons. The van der Waals surface area contributed by atoms with Gasteiger partial charge in [0.05, 0.1) is 12.2 Å². The quantitative estimate of drug-likeness (QED) is 0.862. The van der Waals surface area contributed by atoms with E-state index in [-0.39, 0.29) is 12.2 Å². The van der Waals surface area contributed by atoms with Gasteiger partial charge in [-0.3, -0.25) is 4.90 Å². The smallest absolute Gasteiger partial charge is 0.0971 e. The largest absolute Gasteiger partial charge is 0.398 e. The second-order valence-corrected chi connectivity index (χ2v) is 5.36. The van der Waals surface area contributed by atoms with Gasteiger partial charge in [-0.2, -0.15) is 0 Å². The SMILES string of the molecule is COC1CN(Cc2cccc(N)c2Br)CC1OC. The van der Waals surface area contributed by atoms with E-state index in [2.05, 4.69) is 26.9 Å². The number of nitrogens with two attached hydrogens (primary N) is 1. The van der Waals surface area contributed by atoms with E-state index >= 15 is 0 Å². The van der Waals surface area contributed by atoms with Crippen molar-refractivity contribution in [2.75, 3.05) is 33.0 Å². The Labute approximate surface area is 116 Å². The number of hydrogen-bond donors (Lipinski definition) is 1. The predicted molar refractivity (Wildman–Crippen MR) is 75.4 cm³/mol. The summed E-state index contributed by atoms with van der Waals surface area (Å²) in [6, 6.07) is 5.96. The Morgan fingerprint density at radius 3 is 2.44 bits per heavy atom. The second-order valence-electron chi connectivity index (χ2n) is 4.56. The van der Waals surface area contributed by atoms with Crippen molar-refractivity contribution in [1.29, 1.82) is 0 Å². The molecule has 0 amide bonds. The van der Waals surface area contributed by atoms with Gasteiger partial charge in [0.25, 0.3) is 0 Å². The lowest BCUT2D eigenvalue weighted by atomic mass is 10.2. The number of rotatable bonds is 4. The maximum atomic E-state index is 5.89. The normalized spacial score (nSPS) is 24.6. The van der Waals surface area contributed by atoms with E-state index < -0.39 is 0 Å². The van der Waals surface area contributed by atoms with Gasteiger partial charge in [-0.1, -0.05) is 12.1 Å². The highest BCUT2D eigenvalue weighted by Crippen LogP contribution is 2.26. The number of ether oxygens (including phenoxy) is 2. The minimum Gasteiger partial charge on any atom is -0.398 e. The molecule has 0 spiro atoms. The highest BCUT2D eigenvalue weighted by Gasteiger charge is 2.32. The topological polar surface area (TPSA) is 47.7 Å². The first kappa shape index (κ1) is 13.8. The molecule has 1 aliphatic rings. The van der Waals surface area contributed by atoms with Crippen LogP contribution in [0.3, 0.4) is 0 Å². The molecule has 4 nitrogen and oxygen atoms in total. The second kappa shape index (κ2) is 6.02. The number of nitrogens with zero attached hydrogens (tertiary/aromatic N) is 1. The summed E-state index contributed by atoms with van der Waals surface area (Å²) in [6.07, 6.45) is 0.296. The van der Waals surface area contributed by atoms with Crippen LogP contribution in [0.4, 0.5) is 5.69 Å². The fraction of sp³-hybridized carbons (Fsp3) is 0.538. The van der Waals surface area contributed by atoms with Crippen LogP contribution in [0.5, 0.6) is 0 Å². The Kier molecular flexibility index (Phi) is 4.61. The summed E-state index contributed by atoms with van der Waals surface area (Å²) in [5.41, 5.74) is 7.86. The summed E-state index contributed by atoms with van der Waals surface area (Å²) in [5.74, 6) is 0. The van der Waals surface area contributed by atoms with Crippen molar-refractivity contribution in [3.8, 4) is 0 Å². The summed E-state index contributed by atoms with van der Waals surface area (Å²) >= 11 is 3.54. The number of nitrogen functional groups attached to an aromatic ring is 1. The van der Waals surface area contributed by atoms with E-state index in [4.69, 9.17) is 15.2 Å². The molecule has 1 aliphatic heterocycles. The zero-order valence-electron chi connectivity index (χ0n) is 10.7. The third kappa shape index (κ3) is 2.85. The van der Waals surface area contributed by atoms with E-state index in [1.807, 2.05) is 12.1 Å². The molecule has 0 aromatic heterocycles. The number of likely N-dealkylation sites (tertiary alicyclic amines) is 1. The van der Waals surface area contributed by atoms with Gasteiger partial charge in [-0.15, -0.1) is 0 Å². The zero-order chi connectivity index (χ0) is 13.1. The molecular formula is C13H19BrN2O2. The number of hydrogen-bond acceptors (Lipinski definition) is 4. The Bertz CT molecular complexity index is 402. The van der Waals surface area contributed by atoms with E-state index in [0.29, 0.717) is 0 Å². The first-order valence-corrected chi connectivity index (χ1v) is 6.75. The third-order valence-electron chi connectivity index (χ3n) is 3.40. The van der Waals surface area contributed by atoms with Gasteiger partial charge >= 0.3 is 0 Å². The van der Waals surface area contributed by atoms with Crippen molar-refractivity contribution in [2.45, 2.75) is 18.8 Å². The summed E-state index contributed by atoms with van der Waals surface area (Å²) in [4.78, 5) is 2.32. The van der Waals surface area contributed by atoms with Gasteiger partial charge in [0, 0.05) is 44.0 Å². The first-order chi connectivity index (χ1) is 8.65. The van der Waals surface area contributed by atoms with Crippen molar-refractivity contribution in [2.24, 2.45) is 0 Å². The molecule has 2 rings (SSSR count). The van der Waals surface area contributed by atoms with Crippen LogP contribution in [0.15, 0.2) is 22.7 Å². The molecular weight excluding hydrogens is 296 g/mol. The van der Waals surface area contributed by atoms with Crippen molar-refractivity contribution in [3.05, 3.63) is 28.2 Å². The molecule has 0 bridgehead atoms. The average molecular weight is 315 g/mol. The summed E-state index contributed by atoms with van der Waals surface area (Å²) in [6.45, 7) is 2.62. The van der Waals surface area contributed by atoms with Crippen LogP contribution in [-0.2, 0) is 16.0 Å². The average Bonchev–Trinajstić information content (AvgIpc) is 2.77. The number of halogens is 1. The maximum absolute atomic E-state index is 5.89. The molecule has 1 fully saturated rings. The van der Waals surface area contributed by atoms with Crippen LogP contribution in [0.1, 0.15) is 5.56 Å². The first-order valence-electron chi connectivity index (χ1n) is 5.96. The molecule has 100 valence electrons. The summed E-state index contributed by atoms with van der Waals surface area (Å²) in [5, 5.41) is 0. The number of benzene rings is 1. The predicted octanol–water partition coefficient (Wildman–Crippen LogP) is 1.88. The highest BCUT2D eigenvalue weighted by atomic mass is 79.9. The number of anilines is 1. The van der Waals surface area contributed by atoms with E-state index in [1.165, 1.54) is 5.56 Å². The lowest BCUT2D eigenvalue weighted by molar-refractivity contribution is -0.00461. The Morgan fingerprint density at radius 1 is 1.28 bits per heavy atom. The van der Waals surface area contributed by atoms with Crippen molar-refractivity contribution >= 4 is 21.6 Å². The van der Waals surface area contributed by atoms with E-state index in [1.54, 1.807) is 14.2 Å². The summed E-state index contributed by atoms with van der Waals surface area (Å²) in [7, 11) is 3.47. The van der Waals surface area contributed by atoms with Gasteiger partial charge in [0.15, 0.2) is 0 Å². The highest BCUT2D eigenvalue weighted by molar-refractivity contribution is 9.10. The van der Waals surface area contributed by atoms with Crippen molar-refractivity contribution in [1.82, 2.24) is 4.90 Å². The maximum Gasteiger partial charge on any atom is 0.0971 e. The van der Waals surface area contributed by atoms with Crippen LogP contribution in [0.2, 0.25) is 0 Å². The molecule has 1 saturated heterocycles. The lowest BCUT2D eigenvalue weighted by Gasteiger charge is -2.16. The molecule has 2 unspecified atom stereocenters. The molecule has 2 N–H and O–H groups in total. The zero-order valence-corrected chi connectivity index (χ0v) is 12.3. The molecule has 1 heterocycles. The monoisotopic (exact) mass is 314 g/mol. The third-order valence-corrected chi connectivity index (χ3v) is 4.37. The van der Waals surface area contributed by atoms with Crippen LogP contribution in [0, 0.1) is 0 Å². The molecule has 0 saturated carbocycles. The van der Waals surface area contributed by atoms with Gasteiger partial charge in [-0.05, 0) is 27.6 Å². The van der Waals surface area contributed by atoms with E-state index in [9.17, 15) is 0 Å². The Hall–Kier alpha value is -0.620. The molecule has 1 aromatic carbocycles. The minimum absolute atomic E-state index is 0.148. The van der Waals surface area contributed by atoms with Crippen LogP contribution < -0.4 is 5.73 Å². The lowest BCUT2D eigenvalue weighted by Crippen LogP contribution is -2.27. The fourth-order valence-corrected chi connectivity index (χ4v) is 2.75. The fourth-order valence-electron chi connectivity index (χ4n) is 2.36. The Balaban J connectivity index is 2.05. The van der Waals surface area contributed by atoms with Gasteiger partial charge < -0.3 is 15.2 Å². The van der Waals surface area contributed by atoms with Crippen molar-refractivity contribution in [3.63, 3.8) is 0 Å². The molecule has 18 heavy (non-hydrogen) atoms. The number of methoxy groups -OCH3 is 2. The molecule has 2 atom stereocenters. The van der Waals surface area contributed by atoms with Crippen LogP contribution in [0.25, 0.3) is 0 Å². The van der Waals surface area contributed by atoms with E-state index in [0.717, 1.165) is 29.8 Å². The molecule has 0 aliphatic carbocycles.